The van der Waals surface area contributed by atoms with E-state index in [0.717, 1.165) is 31.5 Å². The number of nitro benzene ring substituents is 1. The van der Waals surface area contributed by atoms with Crippen LogP contribution in [0.5, 0.6) is 0 Å². The molecule has 0 bridgehead atoms. The standard InChI is InChI=1S/C15H18N6O3/c1-10-5-6-12(21(23)24)11(9-10)13(22)16-14-17-15(19-18-14)20-7-3-2-4-8-20/h5-6,9H,2-4,7-8H2,1H3,(H2,16,17,18,19,22). The predicted molar refractivity (Wildman–Crippen MR) is 88.2 cm³/mol. The van der Waals surface area contributed by atoms with Crippen LogP contribution in [0.4, 0.5) is 17.6 Å². The number of H-pyrrole nitrogens is 1. The van der Waals surface area contributed by atoms with Crippen molar-refractivity contribution in [1.29, 1.82) is 0 Å². The third kappa shape index (κ3) is 3.34. The van der Waals surface area contributed by atoms with E-state index in [1.165, 1.54) is 18.6 Å². The minimum Gasteiger partial charge on any atom is -0.340 e. The Hall–Kier alpha value is -2.97. The van der Waals surface area contributed by atoms with Crippen molar-refractivity contribution in [2.24, 2.45) is 0 Å². The number of rotatable bonds is 4. The Kier molecular flexibility index (Phi) is 4.41. The fourth-order valence-corrected chi connectivity index (χ4v) is 2.71. The number of carbonyl (C=O) groups is 1. The highest BCUT2D eigenvalue weighted by Gasteiger charge is 2.22. The van der Waals surface area contributed by atoms with Crippen molar-refractivity contribution in [3.63, 3.8) is 0 Å². The van der Waals surface area contributed by atoms with E-state index in [-0.39, 0.29) is 17.2 Å². The summed E-state index contributed by atoms with van der Waals surface area (Å²) in [7, 11) is 0. The largest absolute Gasteiger partial charge is 0.340 e. The number of piperidine rings is 1. The van der Waals surface area contributed by atoms with Crippen LogP contribution >= 0.6 is 0 Å². The molecule has 2 aromatic rings. The first-order valence-electron chi connectivity index (χ1n) is 7.78. The van der Waals surface area contributed by atoms with Crippen LogP contribution in [0.2, 0.25) is 0 Å². The van der Waals surface area contributed by atoms with E-state index >= 15 is 0 Å². The maximum atomic E-state index is 12.4. The van der Waals surface area contributed by atoms with Gasteiger partial charge in [0, 0.05) is 19.2 Å². The molecule has 0 saturated carbocycles. The maximum Gasteiger partial charge on any atom is 0.282 e. The van der Waals surface area contributed by atoms with Gasteiger partial charge in [-0.1, -0.05) is 6.07 Å². The van der Waals surface area contributed by atoms with Gasteiger partial charge >= 0.3 is 0 Å². The van der Waals surface area contributed by atoms with Crippen molar-refractivity contribution in [2.75, 3.05) is 23.3 Å². The first-order chi connectivity index (χ1) is 11.5. The van der Waals surface area contributed by atoms with Gasteiger partial charge in [-0.15, -0.1) is 5.10 Å². The summed E-state index contributed by atoms with van der Waals surface area (Å²) in [5.74, 6) is 0.117. The molecule has 24 heavy (non-hydrogen) atoms. The van der Waals surface area contributed by atoms with Gasteiger partial charge in [-0.25, -0.2) is 5.10 Å². The Morgan fingerprint density at radius 3 is 2.79 bits per heavy atom. The first kappa shape index (κ1) is 15.9. The third-order valence-electron chi connectivity index (χ3n) is 3.94. The van der Waals surface area contributed by atoms with Crippen molar-refractivity contribution in [3.8, 4) is 0 Å². The molecule has 2 heterocycles. The van der Waals surface area contributed by atoms with Crippen LogP contribution in [0.25, 0.3) is 0 Å². The number of nitrogens with one attached hydrogen (secondary N) is 2. The van der Waals surface area contributed by atoms with Gasteiger partial charge in [-0.2, -0.15) is 4.98 Å². The van der Waals surface area contributed by atoms with Crippen molar-refractivity contribution < 1.29 is 9.72 Å². The second kappa shape index (κ2) is 6.65. The summed E-state index contributed by atoms with van der Waals surface area (Å²) in [6.45, 7) is 3.53. The topological polar surface area (TPSA) is 117 Å². The van der Waals surface area contributed by atoms with Crippen LogP contribution in [-0.2, 0) is 0 Å². The number of aryl methyl sites for hydroxylation is 1. The molecular formula is C15H18N6O3. The summed E-state index contributed by atoms with van der Waals surface area (Å²) in [6.07, 6.45) is 3.37. The molecule has 1 aliphatic rings. The number of nitrogens with zero attached hydrogens (tertiary/aromatic N) is 4. The van der Waals surface area contributed by atoms with Gasteiger partial charge in [-0.3, -0.25) is 20.2 Å². The Bertz CT molecular complexity index is 766. The van der Waals surface area contributed by atoms with E-state index in [0.29, 0.717) is 5.95 Å². The van der Waals surface area contributed by atoms with Crippen LogP contribution in [0.3, 0.4) is 0 Å². The molecule has 0 aliphatic carbocycles. The van der Waals surface area contributed by atoms with Gasteiger partial charge < -0.3 is 4.90 Å². The van der Waals surface area contributed by atoms with Gasteiger partial charge in [0.1, 0.15) is 5.56 Å². The molecule has 0 spiro atoms. The van der Waals surface area contributed by atoms with Crippen molar-refractivity contribution in [2.45, 2.75) is 26.2 Å². The van der Waals surface area contributed by atoms with Crippen molar-refractivity contribution in [3.05, 3.63) is 39.4 Å². The lowest BCUT2D eigenvalue weighted by Gasteiger charge is -2.24. The highest BCUT2D eigenvalue weighted by Crippen LogP contribution is 2.21. The second-order valence-electron chi connectivity index (χ2n) is 5.76. The molecule has 3 rings (SSSR count). The zero-order valence-electron chi connectivity index (χ0n) is 13.3. The average Bonchev–Trinajstić information content (AvgIpc) is 3.03. The molecule has 1 amide bonds. The Labute approximate surface area is 138 Å². The predicted octanol–water partition coefficient (Wildman–Crippen LogP) is 2.26. The number of hydrogen-bond acceptors (Lipinski definition) is 6. The van der Waals surface area contributed by atoms with Crippen LogP contribution in [0, 0.1) is 17.0 Å². The smallest absolute Gasteiger partial charge is 0.282 e. The highest BCUT2D eigenvalue weighted by molar-refractivity contribution is 6.06. The molecule has 126 valence electrons. The monoisotopic (exact) mass is 330 g/mol. The van der Waals surface area contributed by atoms with Crippen molar-refractivity contribution >= 4 is 23.5 Å². The number of benzene rings is 1. The summed E-state index contributed by atoms with van der Waals surface area (Å²) in [5, 5.41) is 20.4. The molecule has 1 fully saturated rings. The van der Waals surface area contributed by atoms with Crippen LogP contribution in [0.15, 0.2) is 18.2 Å². The lowest BCUT2D eigenvalue weighted by atomic mass is 10.1. The zero-order valence-corrected chi connectivity index (χ0v) is 13.3. The van der Waals surface area contributed by atoms with Crippen molar-refractivity contribution in [1.82, 2.24) is 15.2 Å². The molecular weight excluding hydrogens is 312 g/mol. The number of aromatic amines is 1. The van der Waals surface area contributed by atoms with E-state index in [4.69, 9.17) is 0 Å². The minimum atomic E-state index is -0.591. The lowest BCUT2D eigenvalue weighted by molar-refractivity contribution is -0.385. The summed E-state index contributed by atoms with van der Waals surface area (Å²) in [4.78, 5) is 29.2. The van der Waals surface area contributed by atoms with Gasteiger partial charge in [0.25, 0.3) is 11.6 Å². The van der Waals surface area contributed by atoms with Crippen LogP contribution in [0.1, 0.15) is 35.2 Å². The maximum absolute atomic E-state index is 12.4. The van der Waals surface area contributed by atoms with Crippen LogP contribution in [-0.4, -0.2) is 39.1 Å². The van der Waals surface area contributed by atoms with Gasteiger partial charge in [-0.05, 0) is 37.8 Å². The van der Waals surface area contributed by atoms with Crippen LogP contribution < -0.4 is 10.2 Å². The number of anilines is 2. The van der Waals surface area contributed by atoms with E-state index in [1.807, 2.05) is 4.90 Å². The summed E-state index contributed by atoms with van der Waals surface area (Å²) >= 11 is 0. The Morgan fingerprint density at radius 2 is 2.08 bits per heavy atom. The number of nitro groups is 1. The first-order valence-corrected chi connectivity index (χ1v) is 7.78. The number of aromatic nitrogens is 3. The van der Waals surface area contributed by atoms with Gasteiger partial charge in [0.2, 0.25) is 11.9 Å². The SMILES string of the molecule is Cc1ccc([N+](=O)[O-])c(C(=O)Nc2nc(N3CCCCC3)n[nH]2)c1. The number of carbonyl (C=O) groups excluding carboxylic acids is 1. The highest BCUT2D eigenvalue weighted by atomic mass is 16.6. The third-order valence-corrected chi connectivity index (χ3v) is 3.94. The summed E-state index contributed by atoms with van der Waals surface area (Å²) < 4.78 is 0. The quantitative estimate of drug-likeness (QED) is 0.656. The normalized spacial score (nSPS) is 14.5. The Balaban J connectivity index is 1.77. The zero-order chi connectivity index (χ0) is 17.1. The fourth-order valence-electron chi connectivity index (χ4n) is 2.71. The molecule has 1 aromatic carbocycles. The summed E-state index contributed by atoms with van der Waals surface area (Å²) in [5.41, 5.74) is 0.516. The molecule has 1 saturated heterocycles. The van der Waals surface area contributed by atoms with Gasteiger partial charge in [0.05, 0.1) is 4.92 Å². The van der Waals surface area contributed by atoms with E-state index in [2.05, 4.69) is 20.5 Å². The van der Waals surface area contributed by atoms with Gasteiger partial charge in [0.15, 0.2) is 0 Å². The molecule has 2 N–H and O–H groups in total. The number of hydrogen-bond donors (Lipinski definition) is 2. The molecule has 0 atom stereocenters. The van der Waals surface area contributed by atoms with E-state index in [9.17, 15) is 14.9 Å². The molecule has 9 nitrogen and oxygen atoms in total. The minimum absolute atomic E-state index is 0.00378. The molecule has 9 heteroatoms. The fraction of sp³-hybridized carbons (Fsp3) is 0.400. The molecule has 1 aromatic heterocycles. The number of amides is 1. The van der Waals surface area contributed by atoms with E-state index < -0.39 is 10.8 Å². The lowest BCUT2D eigenvalue weighted by Crippen LogP contribution is -2.30. The summed E-state index contributed by atoms with van der Waals surface area (Å²) in [6, 6.07) is 4.40. The Morgan fingerprint density at radius 1 is 1.33 bits per heavy atom. The van der Waals surface area contributed by atoms with E-state index in [1.54, 1.807) is 13.0 Å². The second-order valence-corrected chi connectivity index (χ2v) is 5.76. The molecule has 0 unspecified atom stereocenters. The average molecular weight is 330 g/mol. The molecule has 1 aliphatic heterocycles. The molecule has 0 radical (unpaired) electrons.